The maximum absolute atomic E-state index is 9.55. The Morgan fingerprint density at radius 2 is 0.792 bits per heavy atom. The van der Waals surface area contributed by atoms with Crippen LogP contribution in [0.3, 0.4) is 0 Å². The Labute approximate surface area is 322 Å². The largest absolute Gasteiger partial charge is 0.311 e. The maximum atomic E-state index is 9.55. The lowest BCUT2D eigenvalue weighted by molar-refractivity contribution is 0.687. The molecule has 0 aliphatic heterocycles. The van der Waals surface area contributed by atoms with Gasteiger partial charge in [-0.15, -0.1) is 0 Å². The first-order chi connectivity index (χ1) is 25.6. The quantitative estimate of drug-likeness (QED) is 0.148. The van der Waals surface area contributed by atoms with Crippen LogP contribution in [0.2, 0.25) is 10.0 Å². The van der Waals surface area contributed by atoms with Crippen LogP contribution in [0.25, 0.3) is 22.3 Å². The van der Waals surface area contributed by atoms with E-state index in [2.05, 4.69) is 145 Å². The summed E-state index contributed by atoms with van der Waals surface area (Å²) >= 11 is 12.6. The lowest BCUT2D eigenvalue weighted by Gasteiger charge is -2.27. The van der Waals surface area contributed by atoms with Gasteiger partial charge in [-0.25, -0.2) is 0 Å². The van der Waals surface area contributed by atoms with Crippen molar-refractivity contribution in [3.05, 3.63) is 191 Å². The molecule has 7 rings (SSSR count). The number of rotatable bonds is 9. The predicted octanol–water partition coefficient (Wildman–Crippen LogP) is 14.7. The number of nitrogens with zero attached hydrogens (tertiary/aromatic N) is 3. The van der Waals surface area contributed by atoms with Gasteiger partial charge in [0.15, 0.2) is 0 Å². The SMILES string of the molecule is Cc1ccc(N(c2ccc(Cl)cc2)c2ccc(-c3ccc(N(c4ccc(Cl)cc4)c4ccc(-c5ccc(C(C)(C)C#N)cc5)cc4)cc3)cc2)c(C)c1. The van der Waals surface area contributed by atoms with Crippen LogP contribution in [-0.2, 0) is 5.41 Å². The molecule has 0 amide bonds. The third-order valence-electron chi connectivity index (χ3n) is 9.69. The zero-order chi connectivity index (χ0) is 37.1. The fraction of sp³-hybridized carbons (Fsp3) is 0.104. The molecule has 260 valence electrons. The van der Waals surface area contributed by atoms with Gasteiger partial charge in [-0.3, -0.25) is 0 Å². The summed E-state index contributed by atoms with van der Waals surface area (Å²) < 4.78 is 0. The Hall–Kier alpha value is -5.79. The van der Waals surface area contributed by atoms with Gasteiger partial charge in [-0.2, -0.15) is 5.26 Å². The summed E-state index contributed by atoms with van der Waals surface area (Å²) in [7, 11) is 0. The van der Waals surface area contributed by atoms with Crippen LogP contribution in [0.1, 0.15) is 30.5 Å². The van der Waals surface area contributed by atoms with Crippen molar-refractivity contribution in [3.8, 4) is 28.3 Å². The minimum absolute atomic E-state index is 0.527. The van der Waals surface area contributed by atoms with Crippen molar-refractivity contribution < 1.29 is 0 Å². The number of hydrogen-bond donors (Lipinski definition) is 0. The molecule has 0 spiro atoms. The van der Waals surface area contributed by atoms with Crippen molar-refractivity contribution in [1.29, 1.82) is 5.26 Å². The Bertz CT molecular complexity index is 2370. The van der Waals surface area contributed by atoms with Gasteiger partial charge in [-0.05, 0) is 152 Å². The van der Waals surface area contributed by atoms with E-state index in [-0.39, 0.29) is 0 Å². The first-order valence-electron chi connectivity index (χ1n) is 17.6. The highest BCUT2D eigenvalue weighted by atomic mass is 35.5. The van der Waals surface area contributed by atoms with Gasteiger partial charge in [-0.1, -0.05) is 102 Å². The van der Waals surface area contributed by atoms with Gasteiger partial charge < -0.3 is 9.80 Å². The van der Waals surface area contributed by atoms with Crippen molar-refractivity contribution in [2.75, 3.05) is 9.80 Å². The second-order valence-electron chi connectivity index (χ2n) is 13.9. The number of benzene rings is 7. The number of anilines is 6. The zero-order valence-corrected chi connectivity index (χ0v) is 31.7. The number of halogens is 2. The average molecular weight is 729 g/mol. The van der Waals surface area contributed by atoms with E-state index in [4.69, 9.17) is 23.2 Å². The van der Waals surface area contributed by atoms with Crippen LogP contribution in [0.5, 0.6) is 0 Å². The van der Waals surface area contributed by atoms with Crippen LogP contribution in [0.4, 0.5) is 34.1 Å². The summed E-state index contributed by atoms with van der Waals surface area (Å²) in [6, 6.07) is 59.1. The van der Waals surface area contributed by atoms with Crippen molar-refractivity contribution in [2.45, 2.75) is 33.1 Å². The standard InChI is InChI=1S/C48H39Cl2N3/c1-33-5-30-47(34(2)31-33)53(46-28-18-41(50)19-29-46)45-24-12-38(13-25-45)37-10-22-43(23-11-37)52(44-26-16-40(49)17-27-44)42-20-8-36(9-21-42)35-6-14-39(15-7-35)48(3,4)32-51/h5-31H,1-4H3. The fourth-order valence-corrected chi connectivity index (χ4v) is 6.92. The minimum Gasteiger partial charge on any atom is -0.311 e. The lowest BCUT2D eigenvalue weighted by atomic mass is 9.85. The Morgan fingerprint density at radius 1 is 0.453 bits per heavy atom. The third kappa shape index (κ3) is 7.71. The van der Waals surface area contributed by atoms with Gasteiger partial charge >= 0.3 is 0 Å². The van der Waals surface area contributed by atoms with E-state index < -0.39 is 5.41 Å². The summed E-state index contributed by atoms with van der Waals surface area (Å²) in [6.07, 6.45) is 0. The molecule has 0 bridgehead atoms. The smallest absolute Gasteiger partial charge is 0.0766 e. The van der Waals surface area contributed by atoms with E-state index in [1.807, 2.05) is 62.4 Å². The molecule has 7 aromatic carbocycles. The highest BCUT2D eigenvalue weighted by Crippen LogP contribution is 2.40. The first-order valence-corrected chi connectivity index (χ1v) is 18.4. The summed E-state index contributed by atoms with van der Waals surface area (Å²) in [5.74, 6) is 0. The number of hydrogen-bond acceptors (Lipinski definition) is 3. The van der Waals surface area contributed by atoms with Crippen LogP contribution >= 0.6 is 23.2 Å². The highest BCUT2D eigenvalue weighted by molar-refractivity contribution is 6.31. The summed E-state index contributed by atoms with van der Waals surface area (Å²) in [5.41, 5.74) is 13.7. The summed E-state index contributed by atoms with van der Waals surface area (Å²) in [6.45, 7) is 8.15. The molecule has 0 fully saturated rings. The van der Waals surface area contributed by atoms with Crippen molar-refractivity contribution in [1.82, 2.24) is 0 Å². The Kier molecular flexibility index (Phi) is 10.1. The van der Waals surface area contributed by atoms with Crippen LogP contribution in [0, 0.1) is 25.2 Å². The van der Waals surface area contributed by atoms with Crippen molar-refractivity contribution in [2.24, 2.45) is 0 Å². The molecule has 0 aliphatic carbocycles. The topological polar surface area (TPSA) is 30.3 Å². The molecule has 0 radical (unpaired) electrons. The summed E-state index contributed by atoms with van der Waals surface area (Å²) in [5, 5.41) is 11.0. The molecule has 0 saturated carbocycles. The van der Waals surface area contributed by atoms with Crippen molar-refractivity contribution >= 4 is 57.3 Å². The molecule has 3 nitrogen and oxygen atoms in total. The number of aryl methyl sites for hydroxylation is 2. The van der Waals surface area contributed by atoms with Crippen LogP contribution in [0.15, 0.2) is 164 Å². The Morgan fingerprint density at radius 3 is 1.15 bits per heavy atom. The second-order valence-corrected chi connectivity index (χ2v) is 14.7. The van der Waals surface area contributed by atoms with Crippen LogP contribution < -0.4 is 9.80 Å². The van der Waals surface area contributed by atoms with Gasteiger partial charge in [0.05, 0.1) is 11.5 Å². The molecule has 0 N–H and O–H groups in total. The first kappa shape index (κ1) is 35.6. The molecule has 0 heterocycles. The average Bonchev–Trinajstić information content (AvgIpc) is 3.18. The van der Waals surface area contributed by atoms with Gasteiger partial charge in [0.25, 0.3) is 0 Å². The van der Waals surface area contributed by atoms with Gasteiger partial charge in [0, 0.05) is 44.2 Å². The number of nitriles is 1. The predicted molar refractivity (Wildman–Crippen MR) is 225 cm³/mol. The van der Waals surface area contributed by atoms with Crippen LogP contribution in [-0.4, -0.2) is 0 Å². The summed E-state index contributed by atoms with van der Waals surface area (Å²) in [4.78, 5) is 4.51. The molecule has 7 aromatic rings. The second kappa shape index (κ2) is 15.1. The van der Waals surface area contributed by atoms with E-state index in [0.29, 0.717) is 10.0 Å². The lowest BCUT2D eigenvalue weighted by Crippen LogP contribution is -2.13. The highest BCUT2D eigenvalue weighted by Gasteiger charge is 2.20. The molecular weight excluding hydrogens is 689 g/mol. The molecule has 5 heteroatoms. The fourth-order valence-electron chi connectivity index (χ4n) is 6.66. The van der Waals surface area contributed by atoms with Gasteiger partial charge in [0.2, 0.25) is 0 Å². The zero-order valence-electron chi connectivity index (χ0n) is 30.2. The molecule has 0 unspecified atom stereocenters. The molecule has 53 heavy (non-hydrogen) atoms. The molecule has 0 aromatic heterocycles. The molecule has 0 saturated heterocycles. The third-order valence-corrected chi connectivity index (χ3v) is 10.2. The molecule has 0 atom stereocenters. The van der Waals surface area contributed by atoms with E-state index in [1.165, 1.54) is 11.1 Å². The van der Waals surface area contributed by atoms with E-state index >= 15 is 0 Å². The molecular formula is C48H39Cl2N3. The Balaban J connectivity index is 1.18. The molecule has 0 aliphatic rings. The normalized spacial score (nSPS) is 11.2. The van der Waals surface area contributed by atoms with E-state index in [0.717, 1.165) is 61.9 Å². The van der Waals surface area contributed by atoms with E-state index in [9.17, 15) is 5.26 Å². The van der Waals surface area contributed by atoms with Gasteiger partial charge in [0.1, 0.15) is 0 Å². The monoisotopic (exact) mass is 727 g/mol. The minimum atomic E-state index is -0.527. The maximum Gasteiger partial charge on any atom is 0.0766 e. The van der Waals surface area contributed by atoms with Crippen molar-refractivity contribution in [3.63, 3.8) is 0 Å². The van der Waals surface area contributed by atoms with E-state index in [1.54, 1.807) is 0 Å².